The summed E-state index contributed by atoms with van der Waals surface area (Å²) < 4.78 is 9.21. The van der Waals surface area contributed by atoms with E-state index in [0.29, 0.717) is 17.5 Å². The van der Waals surface area contributed by atoms with Crippen molar-refractivity contribution >= 4 is 17.5 Å². The molecular weight excluding hydrogens is 360 g/mol. The number of hydrogen-bond donors (Lipinski definition) is 0. The summed E-state index contributed by atoms with van der Waals surface area (Å²) in [6, 6.07) is 11.9. The molecule has 2 heterocycles. The summed E-state index contributed by atoms with van der Waals surface area (Å²) in [6.07, 6.45) is 2.60. The number of carbonyl (C=O) groups is 1. The molecule has 3 aromatic rings. The molecule has 0 bridgehead atoms. The van der Waals surface area contributed by atoms with Crippen molar-refractivity contribution in [3.63, 3.8) is 0 Å². The molecule has 0 aliphatic heterocycles. The maximum absolute atomic E-state index is 12.8. The highest BCUT2D eigenvalue weighted by molar-refractivity contribution is 7.99. The average Bonchev–Trinajstić information content (AvgIpc) is 3.26. The van der Waals surface area contributed by atoms with Gasteiger partial charge in [0.25, 0.3) is 0 Å². The first-order valence-electron chi connectivity index (χ1n) is 8.89. The van der Waals surface area contributed by atoms with Crippen LogP contribution in [0.4, 0.5) is 0 Å². The van der Waals surface area contributed by atoms with Gasteiger partial charge in [-0.15, -0.1) is 10.2 Å². The van der Waals surface area contributed by atoms with Gasteiger partial charge in [-0.3, -0.25) is 9.36 Å². The number of ketones is 1. The summed E-state index contributed by atoms with van der Waals surface area (Å²) in [6.45, 7) is 5.61. The lowest BCUT2D eigenvalue weighted by Gasteiger charge is -2.09. The predicted octanol–water partition coefficient (Wildman–Crippen LogP) is 3.70. The lowest BCUT2D eigenvalue weighted by Crippen LogP contribution is -2.08. The summed E-state index contributed by atoms with van der Waals surface area (Å²) >= 11 is 1.41. The molecule has 6 nitrogen and oxygen atoms in total. The van der Waals surface area contributed by atoms with Crippen molar-refractivity contribution in [1.82, 2.24) is 19.3 Å². The number of nitrogens with zero attached hydrogens (tertiary/aromatic N) is 4. The van der Waals surface area contributed by atoms with Gasteiger partial charge >= 0.3 is 0 Å². The summed E-state index contributed by atoms with van der Waals surface area (Å²) in [5, 5.41) is 8.86. The number of methoxy groups -OCH3 is 1. The van der Waals surface area contributed by atoms with Crippen LogP contribution in [-0.4, -0.2) is 44.6 Å². The van der Waals surface area contributed by atoms with Crippen LogP contribution in [0.1, 0.15) is 28.2 Å². The number of Topliss-reactive ketones (excluding diaryl/α,β-unsaturated/α-hetero) is 1. The molecule has 0 amide bonds. The maximum Gasteiger partial charge on any atom is 0.196 e. The third-order valence-electron chi connectivity index (χ3n) is 4.49. The van der Waals surface area contributed by atoms with Crippen molar-refractivity contribution in [1.29, 1.82) is 0 Å². The molecule has 0 fully saturated rings. The topological polar surface area (TPSA) is 61.9 Å². The minimum absolute atomic E-state index is 0.105. The Morgan fingerprint density at radius 2 is 2.00 bits per heavy atom. The predicted molar refractivity (Wildman–Crippen MR) is 107 cm³/mol. The first kappa shape index (κ1) is 19.4. The van der Waals surface area contributed by atoms with Gasteiger partial charge in [0, 0.05) is 42.9 Å². The molecule has 0 saturated carbocycles. The van der Waals surface area contributed by atoms with Gasteiger partial charge in [-0.2, -0.15) is 0 Å². The van der Waals surface area contributed by atoms with E-state index in [9.17, 15) is 4.79 Å². The molecule has 142 valence electrons. The number of aromatic nitrogens is 4. The van der Waals surface area contributed by atoms with E-state index in [1.165, 1.54) is 11.8 Å². The monoisotopic (exact) mass is 384 g/mol. The number of hydrogen-bond acceptors (Lipinski definition) is 5. The molecule has 1 aromatic carbocycles. The van der Waals surface area contributed by atoms with Crippen LogP contribution in [0.15, 0.2) is 47.9 Å². The van der Waals surface area contributed by atoms with Crippen molar-refractivity contribution in [3.8, 4) is 5.69 Å². The van der Waals surface area contributed by atoms with Gasteiger partial charge in [-0.05, 0) is 38.5 Å². The smallest absolute Gasteiger partial charge is 0.196 e. The van der Waals surface area contributed by atoms with E-state index < -0.39 is 0 Å². The molecule has 0 aliphatic rings. The van der Waals surface area contributed by atoms with Crippen LogP contribution in [0.2, 0.25) is 0 Å². The Balaban J connectivity index is 1.69. The number of para-hydroxylation sites is 1. The van der Waals surface area contributed by atoms with Crippen LogP contribution in [0, 0.1) is 13.8 Å². The SMILES string of the molecule is COCCCn1c(C)cc(C(=O)CSc2nncn2-c2ccccc2)c1C. The highest BCUT2D eigenvalue weighted by atomic mass is 32.2. The van der Waals surface area contributed by atoms with E-state index in [4.69, 9.17) is 4.74 Å². The van der Waals surface area contributed by atoms with Gasteiger partial charge in [0.1, 0.15) is 6.33 Å². The van der Waals surface area contributed by atoms with E-state index in [1.54, 1.807) is 13.4 Å². The number of rotatable bonds is 9. The van der Waals surface area contributed by atoms with Crippen molar-refractivity contribution in [3.05, 3.63) is 59.7 Å². The number of thioether (sulfide) groups is 1. The van der Waals surface area contributed by atoms with Gasteiger partial charge < -0.3 is 9.30 Å². The van der Waals surface area contributed by atoms with Crippen LogP contribution in [0.25, 0.3) is 5.69 Å². The zero-order chi connectivity index (χ0) is 19.2. The van der Waals surface area contributed by atoms with Crippen LogP contribution in [-0.2, 0) is 11.3 Å². The van der Waals surface area contributed by atoms with Crippen molar-refractivity contribution < 1.29 is 9.53 Å². The molecular formula is C20H24N4O2S. The van der Waals surface area contributed by atoms with Gasteiger partial charge in [-0.1, -0.05) is 30.0 Å². The Hall–Kier alpha value is -2.38. The Morgan fingerprint density at radius 1 is 1.22 bits per heavy atom. The fourth-order valence-electron chi connectivity index (χ4n) is 3.09. The molecule has 0 atom stereocenters. The first-order valence-corrected chi connectivity index (χ1v) is 9.87. The highest BCUT2D eigenvalue weighted by Gasteiger charge is 2.17. The number of aryl methyl sites for hydroxylation is 1. The quantitative estimate of drug-likeness (QED) is 0.320. The Morgan fingerprint density at radius 3 is 2.74 bits per heavy atom. The van der Waals surface area contributed by atoms with Crippen LogP contribution in [0.5, 0.6) is 0 Å². The molecule has 27 heavy (non-hydrogen) atoms. The van der Waals surface area contributed by atoms with Gasteiger partial charge in [0.05, 0.1) is 5.75 Å². The zero-order valence-corrected chi connectivity index (χ0v) is 16.7. The van der Waals surface area contributed by atoms with Crippen molar-refractivity contribution in [2.24, 2.45) is 0 Å². The van der Waals surface area contributed by atoms with E-state index in [2.05, 4.69) is 14.8 Å². The second-order valence-corrected chi connectivity index (χ2v) is 7.26. The van der Waals surface area contributed by atoms with Crippen LogP contribution >= 0.6 is 11.8 Å². The van der Waals surface area contributed by atoms with E-state index in [0.717, 1.165) is 35.6 Å². The molecule has 0 N–H and O–H groups in total. The third-order valence-corrected chi connectivity index (χ3v) is 5.43. The maximum atomic E-state index is 12.8. The Kier molecular flexibility index (Phi) is 6.47. The highest BCUT2D eigenvalue weighted by Crippen LogP contribution is 2.23. The number of carbonyl (C=O) groups excluding carboxylic acids is 1. The fourth-order valence-corrected chi connectivity index (χ4v) is 3.90. The first-order chi connectivity index (χ1) is 13.1. The normalized spacial score (nSPS) is 11.1. The van der Waals surface area contributed by atoms with Gasteiger partial charge in [0.2, 0.25) is 0 Å². The van der Waals surface area contributed by atoms with Crippen LogP contribution < -0.4 is 0 Å². The van der Waals surface area contributed by atoms with E-state index in [1.807, 2.05) is 54.8 Å². The van der Waals surface area contributed by atoms with Gasteiger partial charge in [-0.25, -0.2) is 0 Å². The molecule has 0 saturated heterocycles. The number of ether oxygens (including phenoxy) is 1. The van der Waals surface area contributed by atoms with Gasteiger partial charge in [0.15, 0.2) is 10.9 Å². The summed E-state index contributed by atoms with van der Waals surface area (Å²) in [5.41, 5.74) is 3.88. The van der Waals surface area contributed by atoms with Crippen LogP contribution in [0.3, 0.4) is 0 Å². The van der Waals surface area contributed by atoms with E-state index >= 15 is 0 Å². The van der Waals surface area contributed by atoms with Crippen molar-refractivity contribution in [2.75, 3.05) is 19.5 Å². The molecule has 0 aliphatic carbocycles. The molecule has 2 aromatic heterocycles. The lowest BCUT2D eigenvalue weighted by molar-refractivity contribution is 0.102. The van der Waals surface area contributed by atoms with E-state index in [-0.39, 0.29) is 5.78 Å². The molecule has 3 rings (SSSR count). The fraction of sp³-hybridized carbons (Fsp3) is 0.350. The Labute approximate surface area is 163 Å². The minimum Gasteiger partial charge on any atom is -0.385 e. The molecule has 0 radical (unpaired) electrons. The second-order valence-electron chi connectivity index (χ2n) is 6.31. The van der Waals surface area contributed by atoms with Crippen molar-refractivity contribution in [2.45, 2.75) is 32.0 Å². The summed E-state index contributed by atoms with van der Waals surface area (Å²) in [4.78, 5) is 12.8. The Bertz CT molecular complexity index is 902. The lowest BCUT2D eigenvalue weighted by atomic mass is 10.2. The second kappa shape index (κ2) is 9.01. The molecule has 7 heteroatoms. The third kappa shape index (κ3) is 4.48. The average molecular weight is 385 g/mol. The largest absolute Gasteiger partial charge is 0.385 e. The standard InChI is InChI=1S/C20H24N4O2S/c1-15-12-18(16(2)23(15)10-7-11-26-3)19(25)13-27-20-22-21-14-24(20)17-8-5-4-6-9-17/h4-6,8-9,12,14H,7,10-11,13H2,1-3H3. The minimum atomic E-state index is 0.105. The summed E-state index contributed by atoms with van der Waals surface area (Å²) in [7, 11) is 1.70. The molecule has 0 spiro atoms. The zero-order valence-electron chi connectivity index (χ0n) is 15.9. The molecule has 0 unspecified atom stereocenters. The summed E-state index contributed by atoms with van der Waals surface area (Å²) in [5.74, 6) is 0.433. The number of benzene rings is 1.